The fourth-order valence-electron chi connectivity index (χ4n) is 1.86. The number of carbonyl (C=O) groups is 1. The molecule has 3 heteroatoms. The van der Waals surface area contributed by atoms with Gasteiger partial charge in [-0.1, -0.05) is 64.2 Å². The van der Waals surface area contributed by atoms with Gasteiger partial charge >= 0.3 is 5.97 Å². The Morgan fingerprint density at radius 2 is 1.75 bits per heavy atom. The first-order valence-electron chi connectivity index (χ1n) is 6.19. The number of hydrogen-bond acceptors (Lipinski definition) is 1. The van der Waals surface area contributed by atoms with Crippen molar-refractivity contribution < 1.29 is 9.90 Å². The topological polar surface area (TPSA) is 37.3 Å². The predicted molar refractivity (Wildman–Crippen MR) is 82.5 cm³/mol. The number of halogens is 1. The van der Waals surface area contributed by atoms with Crippen LogP contribution in [0.5, 0.6) is 0 Å². The van der Waals surface area contributed by atoms with Crippen LogP contribution in [0, 0.1) is 11.8 Å². The molecule has 0 saturated heterocycles. The highest BCUT2D eigenvalue weighted by Gasteiger charge is 2.20. The second-order valence-corrected chi connectivity index (χ2v) is 5.14. The Labute approximate surface area is 126 Å². The summed E-state index contributed by atoms with van der Waals surface area (Å²) in [5, 5.41) is 9.36. The van der Waals surface area contributed by atoms with Crippen molar-refractivity contribution in [1.29, 1.82) is 0 Å². The van der Waals surface area contributed by atoms with E-state index in [1.54, 1.807) is 0 Å². The van der Waals surface area contributed by atoms with Crippen LogP contribution in [0.15, 0.2) is 59.1 Å². The molecule has 1 N–H and O–H groups in total. The smallest absolute Gasteiger partial charge is 0.311 e. The van der Waals surface area contributed by atoms with E-state index in [1.165, 1.54) is 0 Å². The van der Waals surface area contributed by atoms with Gasteiger partial charge in [0.15, 0.2) is 0 Å². The van der Waals surface area contributed by atoms with Crippen molar-refractivity contribution in [2.45, 2.75) is 12.3 Å². The zero-order valence-corrected chi connectivity index (χ0v) is 12.3. The molecular weight excluding hydrogens is 316 g/mol. The molecule has 0 spiro atoms. The molecule has 0 radical (unpaired) electrons. The van der Waals surface area contributed by atoms with E-state index in [2.05, 4.69) is 27.8 Å². The lowest BCUT2D eigenvalue weighted by Crippen LogP contribution is -2.11. The van der Waals surface area contributed by atoms with Gasteiger partial charge in [-0.25, -0.2) is 0 Å². The van der Waals surface area contributed by atoms with E-state index < -0.39 is 11.9 Å². The average Bonchev–Trinajstić information content (AvgIpc) is 2.45. The molecule has 0 fully saturated rings. The van der Waals surface area contributed by atoms with Crippen LogP contribution in [0.25, 0.3) is 0 Å². The van der Waals surface area contributed by atoms with Gasteiger partial charge in [0.1, 0.15) is 0 Å². The molecule has 0 aliphatic rings. The first-order chi connectivity index (χ1) is 9.68. The predicted octanol–water partition coefficient (Wildman–Crippen LogP) is 4.06. The van der Waals surface area contributed by atoms with Crippen molar-refractivity contribution in [3.8, 4) is 11.8 Å². The lowest BCUT2D eigenvalue weighted by atomic mass is 9.96. The molecule has 2 aromatic rings. The molecule has 20 heavy (non-hydrogen) atoms. The van der Waals surface area contributed by atoms with Gasteiger partial charge in [-0.15, -0.1) is 0 Å². The highest BCUT2D eigenvalue weighted by atomic mass is 79.9. The Morgan fingerprint density at radius 1 is 1.10 bits per heavy atom. The van der Waals surface area contributed by atoms with Crippen LogP contribution >= 0.6 is 15.9 Å². The summed E-state index contributed by atoms with van der Waals surface area (Å²) in [4.78, 5) is 11.4. The van der Waals surface area contributed by atoms with E-state index in [1.807, 2.05) is 54.6 Å². The van der Waals surface area contributed by atoms with E-state index in [0.29, 0.717) is 0 Å². The van der Waals surface area contributed by atoms with Crippen molar-refractivity contribution in [3.63, 3.8) is 0 Å². The Balaban J connectivity index is 2.18. The fourth-order valence-corrected chi connectivity index (χ4v) is 2.43. The van der Waals surface area contributed by atoms with Crippen molar-refractivity contribution >= 4 is 21.9 Å². The third kappa shape index (κ3) is 3.72. The number of carboxylic acids is 1. The molecule has 0 aromatic heterocycles. The van der Waals surface area contributed by atoms with Gasteiger partial charge in [0.2, 0.25) is 0 Å². The van der Waals surface area contributed by atoms with Gasteiger partial charge in [0.05, 0.1) is 5.92 Å². The highest BCUT2D eigenvalue weighted by molar-refractivity contribution is 9.10. The largest absolute Gasteiger partial charge is 0.481 e. The molecule has 1 unspecified atom stereocenters. The molecule has 0 saturated carbocycles. The molecule has 0 amide bonds. The molecule has 0 aliphatic carbocycles. The van der Waals surface area contributed by atoms with Gasteiger partial charge < -0.3 is 5.11 Å². The molecule has 2 rings (SSSR count). The molecule has 0 heterocycles. The quantitative estimate of drug-likeness (QED) is 0.863. The Morgan fingerprint density at radius 3 is 2.40 bits per heavy atom. The summed E-state index contributed by atoms with van der Waals surface area (Å²) in [6.45, 7) is 0. The van der Waals surface area contributed by atoms with Crippen molar-refractivity contribution in [2.24, 2.45) is 0 Å². The molecule has 2 nitrogen and oxygen atoms in total. The lowest BCUT2D eigenvalue weighted by Gasteiger charge is -2.11. The second kappa shape index (κ2) is 6.93. The minimum Gasteiger partial charge on any atom is -0.481 e. The molecule has 2 aromatic carbocycles. The molecule has 0 aliphatic heterocycles. The van der Waals surface area contributed by atoms with Crippen LogP contribution in [0.3, 0.4) is 0 Å². The van der Waals surface area contributed by atoms with Crippen LogP contribution in [0.2, 0.25) is 0 Å². The van der Waals surface area contributed by atoms with Crippen LogP contribution in [-0.2, 0) is 4.79 Å². The maximum Gasteiger partial charge on any atom is 0.311 e. The van der Waals surface area contributed by atoms with E-state index >= 15 is 0 Å². The van der Waals surface area contributed by atoms with Crippen molar-refractivity contribution in [2.75, 3.05) is 0 Å². The summed E-state index contributed by atoms with van der Waals surface area (Å²) in [6.07, 6.45) is 0.285. The zero-order chi connectivity index (χ0) is 14.4. The van der Waals surface area contributed by atoms with Gasteiger partial charge in [-0.2, -0.15) is 0 Å². The number of benzene rings is 2. The monoisotopic (exact) mass is 328 g/mol. The van der Waals surface area contributed by atoms with Crippen LogP contribution in [0.1, 0.15) is 23.5 Å². The summed E-state index contributed by atoms with van der Waals surface area (Å²) >= 11 is 3.39. The fraction of sp³-hybridized carbons (Fsp3) is 0.118. The summed E-state index contributed by atoms with van der Waals surface area (Å²) in [6, 6.07) is 16.9. The first-order valence-corrected chi connectivity index (χ1v) is 6.99. The normalized spacial score (nSPS) is 11.2. The number of carboxylic acid groups (broad SMARTS) is 1. The van der Waals surface area contributed by atoms with Crippen LogP contribution in [0.4, 0.5) is 0 Å². The van der Waals surface area contributed by atoms with E-state index in [9.17, 15) is 9.90 Å². The average molecular weight is 329 g/mol. The Hall–Kier alpha value is -2.05. The van der Waals surface area contributed by atoms with Crippen molar-refractivity contribution in [3.05, 3.63) is 70.2 Å². The lowest BCUT2D eigenvalue weighted by molar-refractivity contribution is -0.138. The maximum absolute atomic E-state index is 11.4. The van der Waals surface area contributed by atoms with Gasteiger partial charge in [-0.05, 0) is 23.8 Å². The molecular formula is C17H13BrO2. The highest BCUT2D eigenvalue weighted by Crippen LogP contribution is 2.27. The van der Waals surface area contributed by atoms with Gasteiger partial charge in [-0.3, -0.25) is 4.79 Å². The first kappa shape index (κ1) is 14.4. The molecule has 0 bridgehead atoms. The summed E-state index contributed by atoms with van der Waals surface area (Å²) in [5.41, 5.74) is 1.64. The number of aliphatic carboxylic acids is 1. The number of hydrogen-bond donors (Lipinski definition) is 1. The summed E-state index contributed by atoms with van der Waals surface area (Å²) < 4.78 is 0.800. The van der Waals surface area contributed by atoms with Crippen LogP contribution < -0.4 is 0 Å². The third-order valence-electron chi connectivity index (χ3n) is 2.89. The third-order valence-corrected chi connectivity index (χ3v) is 3.61. The Bertz CT molecular complexity index is 653. The molecule has 100 valence electrons. The molecule has 1 atom stereocenters. The van der Waals surface area contributed by atoms with E-state index in [4.69, 9.17) is 0 Å². The second-order valence-electron chi connectivity index (χ2n) is 4.28. The zero-order valence-electron chi connectivity index (χ0n) is 10.7. The van der Waals surface area contributed by atoms with E-state index in [-0.39, 0.29) is 6.42 Å². The van der Waals surface area contributed by atoms with Gasteiger partial charge in [0, 0.05) is 16.5 Å². The number of rotatable bonds is 3. The minimum absolute atomic E-state index is 0.285. The minimum atomic E-state index is -0.862. The summed E-state index contributed by atoms with van der Waals surface area (Å²) in [7, 11) is 0. The SMILES string of the molecule is O=C(O)C(CC#Cc1ccccc1)c1ccccc1Br. The van der Waals surface area contributed by atoms with Crippen LogP contribution in [-0.4, -0.2) is 11.1 Å². The van der Waals surface area contributed by atoms with Crippen molar-refractivity contribution in [1.82, 2.24) is 0 Å². The Kier molecular flexibility index (Phi) is 4.97. The maximum atomic E-state index is 11.4. The summed E-state index contributed by atoms with van der Waals surface area (Å²) in [5.74, 6) is 4.46. The van der Waals surface area contributed by atoms with Gasteiger partial charge in [0.25, 0.3) is 0 Å². The standard InChI is InChI=1S/C17H13BrO2/c18-16-12-5-4-10-14(16)15(17(19)20)11-6-9-13-7-2-1-3-8-13/h1-5,7-8,10,12,15H,11H2,(H,19,20). The van der Waals surface area contributed by atoms with E-state index in [0.717, 1.165) is 15.6 Å².